The van der Waals surface area contributed by atoms with Crippen LogP contribution in [0.2, 0.25) is 0 Å². The number of rotatable bonds is 4. The molecule has 1 aromatic carbocycles. The maximum atomic E-state index is 9.25. The summed E-state index contributed by atoms with van der Waals surface area (Å²) in [6.45, 7) is 6.74. The molecule has 0 spiro atoms. The van der Waals surface area contributed by atoms with Gasteiger partial charge >= 0.3 is 0 Å². The highest BCUT2D eigenvalue weighted by Crippen LogP contribution is 2.18. The van der Waals surface area contributed by atoms with Crippen LogP contribution in [0, 0.1) is 18.8 Å². The lowest BCUT2D eigenvalue weighted by atomic mass is 9.88. The Morgan fingerprint density at radius 2 is 1.86 bits per heavy atom. The standard InChI is InChI=1S/C13H20O/c1-10(2)13(9-14)8-12-7-5-4-6-11(12)3/h4-7,10,13-14H,8-9H2,1-3H3. The molecule has 1 aromatic rings. The normalized spacial score (nSPS) is 13.2. The summed E-state index contributed by atoms with van der Waals surface area (Å²) in [5, 5.41) is 9.25. The first-order chi connectivity index (χ1) is 6.65. The molecule has 0 aliphatic heterocycles. The first-order valence-corrected chi connectivity index (χ1v) is 5.30. The summed E-state index contributed by atoms with van der Waals surface area (Å²) in [7, 11) is 0. The predicted molar refractivity (Wildman–Crippen MR) is 60.3 cm³/mol. The van der Waals surface area contributed by atoms with E-state index < -0.39 is 0 Å². The zero-order valence-electron chi connectivity index (χ0n) is 9.33. The Kier molecular flexibility index (Phi) is 4.15. The molecule has 1 rings (SSSR count). The van der Waals surface area contributed by atoms with Gasteiger partial charge in [0.05, 0.1) is 0 Å². The summed E-state index contributed by atoms with van der Waals surface area (Å²) < 4.78 is 0. The minimum absolute atomic E-state index is 0.284. The molecular formula is C13H20O. The van der Waals surface area contributed by atoms with Crippen LogP contribution in [0.25, 0.3) is 0 Å². The second-order valence-corrected chi connectivity index (χ2v) is 4.32. The van der Waals surface area contributed by atoms with Gasteiger partial charge in [-0.25, -0.2) is 0 Å². The predicted octanol–water partition coefficient (Wildman–Crippen LogP) is 2.80. The fourth-order valence-electron chi connectivity index (χ4n) is 1.63. The summed E-state index contributed by atoms with van der Waals surface area (Å²) in [6.07, 6.45) is 0.987. The molecule has 14 heavy (non-hydrogen) atoms. The van der Waals surface area contributed by atoms with E-state index in [4.69, 9.17) is 0 Å². The van der Waals surface area contributed by atoms with Crippen molar-refractivity contribution in [1.82, 2.24) is 0 Å². The van der Waals surface area contributed by atoms with E-state index in [9.17, 15) is 5.11 Å². The number of aryl methyl sites for hydroxylation is 1. The minimum Gasteiger partial charge on any atom is -0.396 e. The second kappa shape index (κ2) is 5.16. The Hall–Kier alpha value is -0.820. The number of benzene rings is 1. The van der Waals surface area contributed by atoms with Gasteiger partial charge in [0.1, 0.15) is 0 Å². The fourth-order valence-corrected chi connectivity index (χ4v) is 1.63. The Labute approximate surface area is 86.8 Å². The number of aliphatic hydroxyl groups is 1. The van der Waals surface area contributed by atoms with E-state index >= 15 is 0 Å². The van der Waals surface area contributed by atoms with Crippen molar-refractivity contribution in [3.05, 3.63) is 35.4 Å². The van der Waals surface area contributed by atoms with Crippen molar-refractivity contribution in [1.29, 1.82) is 0 Å². The first kappa shape index (κ1) is 11.3. The Morgan fingerprint density at radius 1 is 1.21 bits per heavy atom. The largest absolute Gasteiger partial charge is 0.396 e. The van der Waals surface area contributed by atoms with E-state index in [0.29, 0.717) is 11.8 Å². The molecule has 0 saturated carbocycles. The highest BCUT2D eigenvalue weighted by molar-refractivity contribution is 5.25. The molecule has 1 unspecified atom stereocenters. The van der Waals surface area contributed by atoms with Crippen molar-refractivity contribution in [2.24, 2.45) is 11.8 Å². The van der Waals surface area contributed by atoms with Crippen LogP contribution in [0.15, 0.2) is 24.3 Å². The third-order valence-corrected chi connectivity index (χ3v) is 2.92. The molecule has 0 radical (unpaired) electrons. The van der Waals surface area contributed by atoms with Crippen molar-refractivity contribution in [3.63, 3.8) is 0 Å². The van der Waals surface area contributed by atoms with Crippen LogP contribution >= 0.6 is 0 Å². The van der Waals surface area contributed by atoms with Gasteiger partial charge in [-0.05, 0) is 36.3 Å². The molecular weight excluding hydrogens is 172 g/mol. The molecule has 1 atom stereocenters. The zero-order chi connectivity index (χ0) is 10.6. The minimum atomic E-state index is 0.284. The fraction of sp³-hybridized carbons (Fsp3) is 0.538. The van der Waals surface area contributed by atoms with Gasteiger partial charge < -0.3 is 5.11 Å². The molecule has 0 fully saturated rings. The monoisotopic (exact) mass is 192 g/mol. The van der Waals surface area contributed by atoms with Crippen LogP contribution in [0.4, 0.5) is 0 Å². The molecule has 1 heteroatoms. The van der Waals surface area contributed by atoms with Crippen molar-refractivity contribution in [2.45, 2.75) is 27.2 Å². The summed E-state index contributed by atoms with van der Waals surface area (Å²) in [6, 6.07) is 8.41. The molecule has 78 valence electrons. The van der Waals surface area contributed by atoms with Gasteiger partial charge in [-0.15, -0.1) is 0 Å². The van der Waals surface area contributed by atoms with Crippen molar-refractivity contribution >= 4 is 0 Å². The molecule has 0 heterocycles. The van der Waals surface area contributed by atoms with E-state index in [1.54, 1.807) is 0 Å². The average molecular weight is 192 g/mol. The Morgan fingerprint density at radius 3 is 2.36 bits per heavy atom. The lowest BCUT2D eigenvalue weighted by Crippen LogP contribution is -2.16. The highest BCUT2D eigenvalue weighted by Gasteiger charge is 2.13. The van der Waals surface area contributed by atoms with Gasteiger partial charge in [0.2, 0.25) is 0 Å². The van der Waals surface area contributed by atoms with Crippen LogP contribution in [0.5, 0.6) is 0 Å². The molecule has 0 bridgehead atoms. The van der Waals surface area contributed by atoms with Crippen LogP contribution in [-0.4, -0.2) is 11.7 Å². The van der Waals surface area contributed by atoms with Gasteiger partial charge in [-0.3, -0.25) is 0 Å². The van der Waals surface area contributed by atoms with Gasteiger partial charge in [0.15, 0.2) is 0 Å². The number of aliphatic hydroxyl groups excluding tert-OH is 1. The van der Waals surface area contributed by atoms with Gasteiger partial charge in [0, 0.05) is 6.61 Å². The van der Waals surface area contributed by atoms with Gasteiger partial charge in [0.25, 0.3) is 0 Å². The quantitative estimate of drug-likeness (QED) is 0.777. The van der Waals surface area contributed by atoms with E-state index in [1.165, 1.54) is 11.1 Å². The maximum absolute atomic E-state index is 9.25. The lowest BCUT2D eigenvalue weighted by molar-refractivity contribution is 0.189. The van der Waals surface area contributed by atoms with E-state index in [-0.39, 0.29) is 6.61 Å². The van der Waals surface area contributed by atoms with Gasteiger partial charge in [-0.2, -0.15) is 0 Å². The molecule has 0 amide bonds. The van der Waals surface area contributed by atoms with E-state index in [0.717, 1.165) is 6.42 Å². The second-order valence-electron chi connectivity index (χ2n) is 4.32. The average Bonchev–Trinajstić information content (AvgIpc) is 2.16. The van der Waals surface area contributed by atoms with Crippen molar-refractivity contribution < 1.29 is 5.11 Å². The number of hydrogen-bond acceptors (Lipinski definition) is 1. The van der Waals surface area contributed by atoms with E-state index in [2.05, 4.69) is 45.0 Å². The topological polar surface area (TPSA) is 20.2 Å². The molecule has 0 saturated heterocycles. The smallest absolute Gasteiger partial charge is 0.0464 e. The SMILES string of the molecule is Cc1ccccc1CC(CO)C(C)C. The Balaban J connectivity index is 2.72. The van der Waals surface area contributed by atoms with Crippen LogP contribution in [-0.2, 0) is 6.42 Å². The highest BCUT2D eigenvalue weighted by atomic mass is 16.3. The number of hydrogen-bond donors (Lipinski definition) is 1. The summed E-state index contributed by atoms with van der Waals surface area (Å²) in [5.41, 5.74) is 2.69. The van der Waals surface area contributed by atoms with Crippen LogP contribution in [0.1, 0.15) is 25.0 Å². The first-order valence-electron chi connectivity index (χ1n) is 5.30. The Bertz CT molecular complexity index is 278. The maximum Gasteiger partial charge on any atom is 0.0464 e. The molecule has 1 N–H and O–H groups in total. The zero-order valence-corrected chi connectivity index (χ0v) is 9.33. The lowest BCUT2D eigenvalue weighted by Gasteiger charge is -2.19. The summed E-state index contributed by atoms with van der Waals surface area (Å²) in [5.74, 6) is 0.927. The van der Waals surface area contributed by atoms with Crippen LogP contribution < -0.4 is 0 Å². The van der Waals surface area contributed by atoms with Gasteiger partial charge in [-0.1, -0.05) is 38.1 Å². The molecule has 1 nitrogen and oxygen atoms in total. The van der Waals surface area contributed by atoms with Crippen LogP contribution in [0.3, 0.4) is 0 Å². The van der Waals surface area contributed by atoms with Crippen molar-refractivity contribution in [3.8, 4) is 0 Å². The molecule has 0 aliphatic rings. The van der Waals surface area contributed by atoms with E-state index in [1.807, 2.05) is 0 Å². The summed E-state index contributed by atoms with van der Waals surface area (Å²) >= 11 is 0. The molecule has 0 aliphatic carbocycles. The van der Waals surface area contributed by atoms with Crippen molar-refractivity contribution in [2.75, 3.05) is 6.61 Å². The third-order valence-electron chi connectivity index (χ3n) is 2.92. The summed E-state index contributed by atoms with van der Waals surface area (Å²) in [4.78, 5) is 0. The molecule has 0 aromatic heterocycles. The third kappa shape index (κ3) is 2.85.